The molecule has 5 aliphatic rings. The Bertz CT molecular complexity index is 1310. The van der Waals surface area contributed by atoms with Gasteiger partial charge in [-0.3, -0.25) is 0 Å². The molecule has 1 aromatic carbocycles. The molecule has 0 amide bonds. The fourth-order valence-corrected chi connectivity index (χ4v) is 11.7. The zero-order chi connectivity index (χ0) is 30.9. The molecule has 1 aromatic rings. The monoisotopic (exact) mass is 582 g/mol. The van der Waals surface area contributed by atoms with Crippen molar-refractivity contribution in [3.63, 3.8) is 0 Å². The first-order valence-electron chi connectivity index (χ1n) is 17.5. The Morgan fingerprint density at radius 3 is 2.28 bits per heavy atom. The lowest BCUT2D eigenvalue weighted by Crippen LogP contribution is -2.64. The molecule has 0 heterocycles. The molecule has 2 nitrogen and oxygen atoms in total. The van der Waals surface area contributed by atoms with Gasteiger partial charge in [-0.25, -0.2) is 4.79 Å². The van der Waals surface area contributed by atoms with Crippen LogP contribution in [0.25, 0.3) is 6.08 Å². The first-order chi connectivity index (χ1) is 20.1. The van der Waals surface area contributed by atoms with Gasteiger partial charge in [0.25, 0.3) is 0 Å². The predicted molar refractivity (Wildman–Crippen MR) is 179 cm³/mol. The van der Waals surface area contributed by atoms with Gasteiger partial charge in [-0.1, -0.05) is 116 Å². The standard InChI is InChI=1S/C41H58O2/c1-36(2)24-25-38(5)26-27-40(7)30(31(38)28-36)18-19-33-39(6)22-21-34(37(3,4)32(39)20-23-41(33,40)8)43-35(42)17-13-12-16-29-14-10-9-11-15-29/h9-18,31-34H,19-28H2,1-8H3. The van der Waals surface area contributed by atoms with Crippen molar-refractivity contribution in [3.8, 4) is 0 Å². The van der Waals surface area contributed by atoms with E-state index in [4.69, 9.17) is 4.74 Å². The highest BCUT2D eigenvalue weighted by atomic mass is 16.5. The van der Waals surface area contributed by atoms with Crippen molar-refractivity contribution in [1.82, 2.24) is 0 Å². The Balaban J connectivity index is 1.21. The van der Waals surface area contributed by atoms with Crippen LogP contribution in [0.4, 0.5) is 0 Å². The lowest BCUT2D eigenvalue weighted by Gasteiger charge is -2.71. The summed E-state index contributed by atoms with van der Waals surface area (Å²) in [6.07, 6.45) is 22.9. The summed E-state index contributed by atoms with van der Waals surface area (Å²) in [6, 6.07) is 10.2. The van der Waals surface area contributed by atoms with Crippen molar-refractivity contribution in [3.05, 3.63) is 65.8 Å². The summed E-state index contributed by atoms with van der Waals surface area (Å²) >= 11 is 0. The Hall–Kier alpha value is -2.09. The van der Waals surface area contributed by atoms with Gasteiger partial charge in [0, 0.05) is 11.5 Å². The number of carbonyl (C=O) groups excluding carboxylic acids is 1. The van der Waals surface area contributed by atoms with Crippen LogP contribution in [0.3, 0.4) is 0 Å². The Kier molecular flexibility index (Phi) is 7.54. The Morgan fingerprint density at radius 2 is 1.53 bits per heavy atom. The Morgan fingerprint density at radius 1 is 0.814 bits per heavy atom. The minimum Gasteiger partial charge on any atom is -0.459 e. The third-order valence-corrected chi connectivity index (χ3v) is 14.7. The molecule has 0 radical (unpaired) electrons. The summed E-state index contributed by atoms with van der Waals surface area (Å²) in [7, 11) is 0. The van der Waals surface area contributed by atoms with E-state index in [9.17, 15) is 4.79 Å². The van der Waals surface area contributed by atoms with E-state index in [2.05, 4.69) is 73.6 Å². The molecule has 4 fully saturated rings. The summed E-state index contributed by atoms with van der Waals surface area (Å²) in [5.74, 6) is 1.79. The molecule has 0 bridgehead atoms. The van der Waals surface area contributed by atoms with Gasteiger partial charge < -0.3 is 4.74 Å². The van der Waals surface area contributed by atoms with Crippen LogP contribution >= 0.6 is 0 Å². The molecule has 5 aliphatic carbocycles. The highest BCUT2D eigenvalue weighted by Crippen LogP contribution is 2.75. The molecule has 0 aliphatic heterocycles. The van der Waals surface area contributed by atoms with Crippen molar-refractivity contribution < 1.29 is 9.53 Å². The quantitative estimate of drug-likeness (QED) is 0.153. The molecule has 6 rings (SSSR count). The van der Waals surface area contributed by atoms with Crippen LogP contribution in [0, 0.1) is 50.2 Å². The SMILES string of the molecule is CC1(C)CCC2(C)CCC3(C)C(=CCC4C5(C)CCC(OC(=O)C=CC=Cc6ccccc6)C(C)(C)C5CCC43C)C2C1. The summed E-state index contributed by atoms with van der Waals surface area (Å²) in [6.45, 7) is 20.5. The van der Waals surface area contributed by atoms with Gasteiger partial charge in [0.1, 0.15) is 6.10 Å². The molecule has 0 N–H and O–H groups in total. The average molecular weight is 583 g/mol. The second kappa shape index (κ2) is 10.5. The van der Waals surface area contributed by atoms with E-state index in [-0.39, 0.29) is 22.9 Å². The topological polar surface area (TPSA) is 26.3 Å². The van der Waals surface area contributed by atoms with Gasteiger partial charge >= 0.3 is 5.97 Å². The van der Waals surface area contributed by atoms with Crippen LogP contribution < -0.4 is 0 Å². The van der Waals surface area contributed by atoms with Crippen molar-refractivity contribution in [2.75, 3.05) is 0 Å². The maximum atomic E-state index is 13.0. The molecular weight excluding hydrogens is 524 g/mol. The summed E-state index contributed by atoms with van der Waals surface area (Å²) in [5.41, 5.74) is 4.78. The van der Waals surface area contributed by atoms with Crippen molar-refractivity contribution in [2.45, 2.75) is 126 Å². The first kappa shape index (κ1) is 30.9. The third-order valence-electron chi connectivity index (χ3n) is 14.7. The van der Waals surface area contributed by atoms with E-state index >= 15 is 0 Å². The van der Waals surface area contributed by atoms with E-state index in [0.29, 0.717) is 33.5 Å². The number of ether oxygens (including phenoxy) is 1. The molecule has 4 saturated carbocycles. The number of fused-ring (bicyclic) bond motifs is 7. The molecule has 234 valence electrons. The fourth-order valence-electron chi connectivity index (χ4n) is 11.7. The van der Waals surface area contributed by atoms with Crippen LogP contribution in [-0.4, -0.2) is 12.1 Å². The van der Waals surface area contributed by atoms with Crippen molar-refractivity contribution in [1.29, 1.82) is 0 Å². The van der Waals surface area contributed by atoms with Crippen LogP contribution in [0.15, 0.2) is 60.2 Å². The maximum absolute atomic E-state index is 13.0. The van der Waals surface area contributed by atoms with Gasteiger partial charge in [-0.05, 0) is 115 Å². The first-order valence-corrected chi connectivity index (χ1v) is 17.5. The minimum atomic E-state index is -0.210. The number of benzene rings is 1. The molecule has 8 unspecified atom stereocenters. The fraction of sp³-hybridized carbons (Fsp3) is 0.683. The number of hydrogen-bond donors (Lipinski definition) is 0. The second-order valence-corrected chi connectivity index (χ2v) is 17.8. The van der Waals surface area contributed by atoms with Crippen molar-refractivity contribution in [2.24, 2.45) is 50.2 Å². The lowest BCUT2D eigenvalue weighted by molar-refractivity contribution is -0.210. The van der Waals surface area contributed by atoms with Gasteiger partial charge in [-0.15, -0.1) is 0 Å². The maximum Gasteiger partial charge on any atom is 0.331 e. The van der Waals surface area contributed by atoms with Crippen LogP contribution in [-0.2, 0) is 9.53 Å². The molecule has 2 heteroatoms. The van der Waals surface area contributed by atoms with Gasteiger partial charge in [0.15, 0.2) is 0 Å². The van der Waals surface area contributed by atoms with E-state index in [1.165, 1.54) is 51.4 Å². The molecule has 0 saturated heterocycles. The molecule has 0 aromatic heterocycles. The van der Waals surface area contributed by atoms with Crippen molar-refractivity contribution >= 4 is 12.0 Å². The summed E-state index contributed by atoms with van der Waals surface area (Å²) < 4.78 is 6.24. The summed E-state index contributed by atoms with van der Waals surface area (Å²) in [4.78, 5) is 13.0. The zero-order valence-electron chi connectivity index (χ0n) is 28.5. The normalized spacial score (nSPS) is 43.2. The molecule has 0 spiro atoms. The average Bonchev–Trinajstić information content (AvgIpc) is 2.94. The molecule has 43 heavy (non-hydrogen) atoms. The number of esters is 1. The third kappa shape index (κ3) is 4.93. The largest absolute Gasteiger partial charge is 0.459 e. The van der Waals surface area contributed by atoms with E-state index in [0.717, 1.165) is 24.3 Å². The summed E-state index contributed by atoms with van der Waals surface area (Å²) in [5, 5.41) is 0. The zero-order valence-corrected chi connectivity index (χ0v) is 28.5. The van der Waals surface area contributed by atoms with E-state index in [1.54, 1.807) is 6.08 Å². The van der Waals surface area contributed by atoms with Crippen LogP contribution in [0.2, 0.25) is 0 Å². The number of rotatable bonds is 4. The Labute approximate surface area is 262 Å². The number of allylic oxidation sites excluding steroid dienone is 4. The molecule has 8 atom stereocenters. The van der Waals surface area contributed by atoms with Crippen LogP contribution in [0.5, 0.6) is 0 Å². The van der Waals surface area contributed by atoms with Gasteiger partial charge in [-0.2, -0.15) is 0 Å². The number of carbonyl (C=O) groups is 1. The van der Waals surface area contributed by atoms with Crippen LogP contribution in [0.1, 0.15) is 125 Å². The molecular formula is C41H58O2. The number of hydrogen-bond acceptors (Lipinski definition) is 2. The lowest BCUT2D eigenvalue weighted by atomic mass is 9.33. The minimum absolute atomic E-state index is 0.0321. The van der Waals surface area contributed by atoms with E-state index < -0.39 is 0 Å². The highest BCUT2D eigenvalue weighted by molar-refractivity contribution is 5.82. The second-order valence-electron chi connectivity index (χ2n) is 17.8. The van der Waals surface area contributed by atoms with Gasteiger partial charge in [0.05, 0.1) is 0 Å². The van der Waals surface area contributed by atoms with E-state index in [1.807, 2.05) is 42.0 Å². The predicted octanol–water partition coefficient (Wildman–Crippen LogP) is 11.0. The highest BCUT2D eigenvalue weighted by Gasteiger charge is 2.68. The van der Waals surface area contributed by atoms with Gasteiger partial charge in [0.2, 0.25) is 0 Å². The smallest absolute Gasteiger partial charge is 0.331 e.